The lowest BCUT2D eigenvalue weighted by atomic mass is 9.86. The van der Waals surface area contributed by atoms with Gasteiger partial charge in [-0.05, 0) is 24.3 Å². The van der Waals surface area contributed by atoms with Gasteiger partial charge in [0.1, 0.15) is 17.1 Å². The maximum absolute atomic E-state index is 12.8. The van der Waals surface area contributed by atoms with E-state index in [-0.39, 0.29) is 30.1 Å². The number of hydrogen-bond donors (Lipinski definition) is 1. The number of methoxy groups -OCH3 is 1. The van der Waals surface area contributed by atoms with E-state index in [2.05, 4.69) is 15.9 Å². The van der Waals surface area contributed by atoms with Crippen molar-refractivity contribution in [3.05, 3.63) is 68.0 Å². The van der Waals surface area contributed by atoms with E-state index in [4.69, 9.17) is 18.6 Å². The molecule has 0 fully saturated rings. The molecule has 1 aliphatic heterocycles. The van der Waals surface area contributed by atoms with Crippen molar-refractivity contribution in [3.8, 4) is 11.5 Å². The molecule has 0 bridgehead atoms. The van der Waals surface area contributed by atoms with Crippen LogP contribution in [0.15, 0.2) is 50.1 Å². The largest absolute Gasteiger partial charge is 0.507 e. The van der Waals surface area contributed by atoms with Gasteiger partial charge in [0.05, 0.1) is 31.1 Å². The number of benzene rings is 2. The molecule has 3 aromatic rings. The molecule has 1 atom stereocenters. The van der Waals surface area contributed by atoms with Crippen molar-refractivity contribution in [2.45, 2.75) is 18.9 Å². The first kappa shape index (κ1) is 19.5. The Balaban J connectivity index is 1.98. The SMILES string of the molecule is COC(=O)C[C@@H](c1cc(Br)cc2c1OCOC2)c1c(O)c2ccccc2oc1=O. The predicted octanol–water partition coefficient (Wildman–Crippen LogP) is 3.82. The van der Waals surface area contributed by atoms with Crippen molar-refractivity contribution in [2.24, 2.45) is 0 Å². The Morgan fingerprint density at radius 3 is 2.90 bits per heavy atom. The van der Waals surface area contributed by atoms with Crippen LogP contribution in [0.2, 0.25) is 0 Å². The molecule has 0 aliphatic carbocycles. The summed E-state index contributed by atoms with van der Waals surface area (Å²) < 4.78 is 22.0. The van der Waals surface area contributed by atoms with Crippen molar-refractivity contribution in [3.63, 3.8) is 0 Å². The fraction of sp³-hybridized carbons (Fsp3) is 0.238. The zero-order valence-electron chi connectivity index (χ0n) is 15.4. The first-order chi connectivity index (χ1) is 14.0. The highest BCUT2D eigenvalue weighted by molar-refractivity contribution is 9.10. The van der Waals surface area contributed by atoms with E-state index in [0.717, 1.165) is 10.0 Å². The topological polar surface area (TPSA) is 95.2 Å². The minimum Gasteiger partial charge on any atom is -0.507 e. The van der Waals surface area contributed by atoms with E-state index in [1.54, 1.807) is 30.3 Å². The second-order valence-corrected chi connectivity index (χ2v) is 7.49. The van der Waals surface area contributed by atoms with Crippen molar-refractivity contribution in [2.75, 3.05) is 13.9 Å². The molecule has 2 heterocycles. The fourth-order valence-corrected chi connectivity index (χ4v) is 4.06. The van der Waals surface area contributed by atoms with E-state index in [1.165, 1.54) is 7.11 Å². The summed E-state index contributed by atoms with van der Waals surface area (Å²) in [5.41, 5.74) is 0.831. The summed E-state index contributed by atoms with van der Waals surface area (Å²) in [6.07, 6.45) is -0.180. The summed E-state index contributed by atoms with van der Waals surface area (Å²) in [6.45, 7) is 0.371. The van der Waals surface area contributed by atoms with E-state index < -0.39 is 17.5 Å². The molecule has 7 nitrogen and oxygen atoms in total. The molecular weight excluding hydrogens is 444 g/mol. The van der Waals surface area contributed by atoms with Crippen LogP contribution >= 0.6 is 15.9 Å². The summed E-state index contributed by atoms with van der Waals surface area (Å²) >= 11 is 3.45. The first-order valence-corrected chi connectivity index (χ1v) is 9.63. The number of ether oxygens (including phenoxy) is 3. The Morgan fingerprint density at radius 1 is 1.31 bits per heavy atom. The molecule has 1 N–H and O–H groups in total. The average Bonchev–Trinajstić information content (AvgIpc) is 2.72. The number of esters is 1. The fourth-order valence-electron chi connectivity index (χ4n) is 3.54. The molecule has 0 saturated heterocycles. The Bertz CT molecular complexity index is 1150. The predicted molar refractivity (Wildman–Crippen MR) is 107 cm³/mol. The van der Waals surface area contributed by atoms with Gasteiger partial charge >= 0.3 is 11.6 Å². The third kappa shape index (κ3) is 3.61. The van der Waals surface area contributed by atoms with E-state index in [1.807, 2.05) is 6.07 Å². The van der Waals surface area contributed by atoms with Crippen LogP contribution in [-0.4, -0.2) is 25.0 Å². The number of fused-ring (bicyclic) bond motifs is 2. The molecule has 0 spiro atoms. The van der Waals surface area contributed by atoms with Crippen LogP contribution < -0.4 is 10.4 Å². The summed E-state index contributed by atoms with van der Waals surface area (Å²) in [5.74, 6) is -1.10. The lowest BCUT2D eigenvalue weighted by Crippen LogP contribution is -2.21. The zero-order valence-corrected chi connectivity index (χ0v) is 17.0. The van der Waals surface area contributed by atoms with Gasteiger partial charge in [-0.2, -0.15) is 0 Å². The summed E-state index contributed by atoms with van der Waals surface area (Å²) in [7, 11) is 1.27. The number of aromatic hydroxyl groups is 1. The minimum atomic E-state index is -0.840. The van der Waals surface area contributed by atoms with Gasteiger partial charge in [-0.3, -0.25) is 4.79 Å². The third-order valence-electron chi connectivity index (χ3n) is 4.85. The molecule has 2 aromatic carbocycles. The van der Waals surface area contributed by atoms with Crippen LogP contribution in [0.5, 0.6) is 11.5 Å². The summed E-state index contributed by atoms with van der Waals surface area (Å²) in [4.78, 5) is 25.0. The number of carbonyl (C=O) groups is 1. The highest BCUT2D eigenvalue weighted by Crippen LogP contribution is 2.43. The third-order valence-corrected chi connectivity index (χ3v) is 5.30. The smallest absolute Gasteiger partial charge is 0.343 e. The van der Waals surface area contributed by atoms with Crippen LogP contribution in [0, 0.1) is 0 Å². The Morgan fingerprint density at radius 2 is 2.10 bits per heavy atom. The van der Waals surface area contributed by atoms with Gasteiger partial charge in [0.2, 0.25) is 0 Å². The van der Waals surface area contributed by atoms with Gasteiger partial charge in [0.25, 0.3) is 0 Å². The minimum absolute atomic E-state index is 0.0236. The van der Waals surface area contributed by atoms with Crippen molar-refractivity contribution >= 4 is 32.9 Å². The van der Waals surface area contributed by atoms with E-state index in [9.17, 15) is 14.7 Å². The van der Waals surface area contributed by atoms with Crippen molar-refractivity contribution < 1.29 is 28.5 Å². The second-order valence-electron chi connectivity index (χ2n) is 6.57. The summed E-state index contributed by atoms with van der Waals surface area (Å²) in [6, 6.07) is 10.3. The van der Waals surface area contributed by atoms with Gasteiger partial charge in [-0.1, -0.05) is 28.1 Å². The molecule has 0 unspecified atom stereocenters. The van der Waals surface area contributed by atoms with Gasteiger partial charge in [-0.25, -0.2) is 4.79 Å². The molecule has 0 amide bonds. The highest BCUT2D eigenvalue weighted by Gasteiger charge is 2.31. The van der Waals surface area contributed by atoms with E-state index >= 15 is 0 Å². The zero-order chi connectivity index (χ0) is 20.5. The lowest BCUT2D eigenvalue weighted by molar-refractivity contribution is -0.140. The molecule has 0 saturated carbocycles. The van der Waals surface area contributed by atoms with Gasteiger partial charge in [-0.15, -0.1) is 0 Å². The van der Waals surface area contributed by atoms with E-state index in [0.29, 0.717) is 23.3 Å². The first-order valence-electron chi connectivity index (χ1n) is 8.84. The molecule has 150 valence electrons. The Hall–Kier alpha value is -2.84. The molecular formula is C21H17BrO7. The number of carbonyl (C=O) groups excluding carboxylic acids is 1. The van der Waals surface area contributed by atoms with Crippen LogP contribution in [0.1, 0.15) is 29.0 Å². The maximum Gasteiger partial charge on any atom is 0.343 e. The molecule has 1 aliphatic rings. The molecule has 29 heavy (non-hydrogen) atoms. The quantitative estimate of drug-likeness (QED) is 0.466. The number of halogens is 1. The van der Waals surface area contributed by atoms with Crippen LogP contribution in [0.4, 0.5) is 0 Å². The normalized spacial score (nSPS) is 14.1. The maximum atomic E-state index is 12.8. The molecule has 8 heteroatoms. The van der Waals surface area contributed by atoms with Gasteiger partial charge in [0, 0.05) is 21.5 Å². The van der Waals surface area contributed by atoms with Gasteiger partial charge < -0.3 is 23.7 Å². The highest BCUT2D eigenvalue weighted by atomic mass is 79.9. The number of hydrogen-bond acceptors (Lipinski definition) is 7. The van der Waals surface area contributed by atoms with Crippen molar-refractivity contribution in [1.82, 2.24) is 0 Å². The second kappa shape index (κ2) is 7.88. The Kier molecular flexibility index (Phi) is 5.29. The Labute approximate surface area is 173 Å². The lowest BCUT2D eigenvalue weighted by Gasteiger charge is -2.25. The molecule has 4 rings (SSSR count). The van der Waals surface area contributed by atoms with Gasteiger partial charge in [0.15, 0.2) is 6.79 Å². The monoisotopic (exact) mass is 460 g/mol. The summed E-state index contributed by atoms with van der Waals surface area (Å²) in [5, 5.41) is 11.3. The van der Waals surface area contributed by atoms with Crippen LogP contribution in [0.25, 0.3) is 11.0 Å². The number of para-hydroxylation sites is 1. The average molecular weight is 461 g/mol. The van der Waals surface area contributed by atoms with Crippen LogP contribution in [0.3, 0.4) is 0 Å². The standard InChI is InChI=1S/C21H17BrO7/c1-26-17(23)8-14(15-7-12(22)6-11-9-27-10-28-20(11)15)18-19(24)13-4-2-3-5-16(13)29-21(18)25/h2-7,14,24H,8-10H2,1H3/t14-/m0/s1. The number of rotatable bonds is 4. The molecule has 0 radical (unpaired) electrons. The molecule has 1 aromatic heterocycles. The van der Waals surface area contributed by atoms with Crippen molar-refractivity contribution in [1.29, 1.82) is 0 Å². The van der Waals surface area contributed by atoms with Crippen LogP contribution in [-0.2, 0) is 20.9 Å².